The zero-order chi connectivity index (χ0) is 15.6. The van der Waals surface area contributed by atoms with E-state index in [4.69, 9.17) is 10.5 Å². The van der Waals surface area contributed by atoms with Gasteiger partial charge in [0.15, 0.2) is 0 Å². The van der Waals surface area contributed by atoms with E-state index in [0.29, 0.717) is 11.8 Å². The number of anilines is 1. The number of nitrogens with two attached hydrogens (primary N) is 1. The van der Waals surface area contributed by atoms with Gasteiger partial charge in [-0.1, -0.05) is 19.4 Å². The minimum absolute atomic E-state index is 0.00539. The molecule has 1 heterocycles. The Bertz CT molecular complexity index is 662. The third-order valence-electron chi connectivity index (χ3n) is 3.09. The zero-order valence-corrected chi connectivity index (χ0v) is 11.4. The van der Waals surface area contributed by atoms with Gasteiger partial charge >= 0.3 is 12.1 Å². The number of hydrogen-bond acceptors (Lipinski definition) is 3. The molecule has 21 heavy (non-hydrogen) atoms. The van der Waals surface area contributed by atoms with Crippen LogP contribution in [0.1, 0.15) is 35.7 Å². The molecular weight excluding hydrogens is 285 g/mol. The normalized spacial score (nSPS) is 11.8. The second-order valence-corrected chi connectivity index (χ2v) is 4.66. The van der Waals surface area contributed by atoms with Crippen molar-refractivity contribution in [3.05, 3.63) is 29.3 Å². The standard InChI is InChI=1S/C14H15F3N2O2/c1-2-3-6-21-13(20)11-9-5-4-8(14(15,16)17)7-10(9)19-12(11)18/h4-5,7,19H,2-3,6,18H2,1H3. The number of benzene rings is 1. The van der Waals surface area contributed by atoms with Crippen LogP contribution in [0, 0.1) is 0 Å². The molecule has 0 saturated heterocycles. The number of unbranched alkanes of at least 4 members (excludes halogenated alkanes) is 1. The fourth-order valence-electron chi connectivity index (χ4n) is 2.00. The lowest BCUT2D eigenvalue weighted by atomic mass is 10.1. The molecule has 0 atom stereocenters. The number of ether oxygens (including phenoxy) is 1. The zero-order valence-electron chi connectivity index (χ0n) is 11.4. The number of aromatic amines is 1. The second-order valence-electron chi connectivity index (χ2n) is 4.66. The molecule has 0 fully saturated rings. The monoisotopic (exact) mass is 300 g/mol. The van der Waals surface area contributed by atoms with Gasteiger partial charge in [0.05, 0.1) is 12.2 Å². The van der Waals surface area contributed by atoms with Crippen molar-refractivity contribution in [2.45, 2.75) is 25.9 Å². The SMILES string of the molecule is CCCCOC(=O)c1c(N)[nH]c2cc(C(F)(F)F)ccc12. The van der Waals surface area contributed by atoms with E-state index in [0.717, 1.165) is 18.6 Å². The minimum atomic E-state index is -4.45. The molecule has 4 nitrogen and oxygen atoms in total. The maximum atomic E-state index is 12.7. The van der Waals surface area contributed by atoms with Gasteiger partial charge in [0, 0.05) is 10.9 Å². The van der Waals surface area contributed by atoms with Gasteiger partial charge in [-0.15, -0.1) is 0 Å². The molecule has 1 aromatic heterocycles. The summed E-state index contributed by atoms with van der Waals surface area (Å²) in [7, 11) is 0. The van der Waals surface area contributed by atoms with Crippen molar-refractivity contribution in [3.8, 4) is 0 Å². The third kappa shape index (κ3) is 3.12. The fraction of sp³-hybridized carbons (Fsp3) is 0.357. The Morgan fingerprint density at radius 2 is 2.10 bits per heavy atom. The Kier molecular flexibility index (Phi) is 4.11. The van der Waals surface area contributed by atoms with E-state index in [9.17, 15) is 18.0 Å². The van der Waals surface area contributed by atoms with Crippen LogP contribution < -0.4 is 5.73 Å². The number of nitrogen functional groups attached to an aromatic ring is 1. The van der Waals surface area contributed by atoms with E-state index in [1.165, 1.54) is 6.07 Å². The summed E-state index contributed by atoms with van der Waals surface area (Å²) in [6.45, 7) is 2.20. The number of hydrogen-bond donors (Lipinski definition) is 2. The molecule has 0 bridgehead atoms. The molecule has 0 radical (unpaired) electrons. The number of esters is 1. The molecule has 7 heteroatoms. The van der Waals surface area contributed by atoms with Gasteiger partial charge in [0.1, 0.15) is 11.4 Å². The summed E-state index contributed by atoms with van der Waals surface area (Å²) in [6, 6.07) is 3.06. The highest BCUT2D eigenvalue weighted by Gasteiger charge is 2.31. The van der Waals surface area contributed by atoms with Crippen molar-refractivity contribution in [1.82, 2.24) is 4.98 Å². The Balaban J connectivity index is 2.37. The Morgan fingerprint density at radius 3 is 2.71 bits per heavy atom. The summed E-state index contributed by atoms with van der Waals surface area (Å²) < 4.78 is 43.0. The number of carbonyl (C=O) groups is 1. The van der Waals surface area contributed by atoms with E-state index in [2.05, 4.69) is 4.98 Å². The minimum Gasteiger partial charge on any atom is -0.462 e. The van der Waals surface area contributed by atoms with Crippen LogP contribution in [0.25, 0.3) is 10.9 Å². The molecule has 0 aliphatic heterocycles. The van der Waals surface area contributed by atoms with Crippen molar-refractivity contribution in [1.29, 1.82) is 0 Å². The van der Waals surface area contributed by atoms with Crippen molar-refractivity contribution in [3.63, 3.8) is 0 Å². The summed E-state index contributed by atoms with van der Waals surface area (Å²) in [5.74, 6) is -0.627. The number of carbonyl (C=O) groups excluding carboxylic acids is 1. The van der Waals surface area contributed by atoms with Gasteiger partial charge in [-0.3, -0.25) is 0 Å². The van der Waals surface area contributed by atoms with Crippen LogP contribution in [0.3, 0.4) is 0 Å². The number of aromatic nitrogens is 1. The Hall–Kier alpha value is -2.18. The molecule has 0 saturated carbocycles. The first-order valence-electron chi connectivity index (χ1n) is 6.50. The van der Waals surface area contributed by atoms with Crippen molar-refractivity contribution in [2.75, 3.05) is 12.3 Å². The van der Waals surface area contributed by atoms with Crippen LogP contribution in [0.4, 0.5) is 19.0 Å². The van der Waals surface area contributed by atoms with Gasteiger partial charge in [0.25, 0.3) is 0 Å². The summed E-state index contributed by atoms with van der Waals surface area (Å²) in [4.78, 5) is 14.5. The highest BCUT2D eigenvalue weighted by Crippen LogP contribution is 2.33. The maximum Gasteiger partial charge on any atom is 0.416 e. The molecule has 1 aromatic carbocycles. The van der Waals surface area contributed by atoms with E-state index in [1.807, 2.05) is 6.92 Å². The molecule has 0 spiro atoms. The Morgan fingerprint density at radius 1 is 1.38 bits per heavy atom. The summed E-state index contributed by atoms with van der Waals surface area (Å²) in [5.41, 5.74) is 5.11. The van der Waals surface area contributed by atoms with Crippen molar-refractivity contribution >= 4 is 22.7 Å². The lowest BCUT2D eigenvalue weighted by Crippen LogP contribution is -2.08. The van der Waals surface area contributed by atoms with Gasteiger partial charge < -0.3 is 15.5 Å². The van der Waals surface area contributed by atoms with Crippen molar-refractivity contribution in [2.24, 2.45) is 0 Å². The van der Waals surface area contributed by atoms with Gasteiger partial charge in [-0.25, -0.2) is 4.79 Å². The van der Waals surface area contributed by atoms with E-state index >= 15 is 0 Å². The molecule has 0 aliphatic rings. The molecule has 2 rings (SSSR count). The molecule has 3 N–H and O–H groups in total. The first-order valence-corrected chi connectivity index (χ1v) is 6.50. The molecule has 2 aromatic rings. The van der Waals surface area contributed by atoms with Crippen LogP contribution in [-0.2, 0) is 10.9 Å². The first kappa shape index (κ1) is 15.2. The molecule has 0 aliphatic carbocycles. The van der Waals surface area contributed by atoms with E-state index in [1.54, 1.807) is 0 Å². The van der Waals surface area contributed by atoms with Crippen LogP contribution in [-0.4, -0.2) is 17.6 Å². The highest BCUT2D eigenvalue weighted by atomic mass is 19.4. The summed E-state index contributed by atoms with van der Waals surface area (Å²) in [6.07, 6.45) is -2.87. The molecule has 0 amide bonds. The molecule has 0 unspecified atom stereocenters. The van der Waals surface area contributed by atoms with E-state index in [-0.39, 0.29) is 23.5 Å². The molecular formula is C14H15F3N2O2. The average Bonchev–Trinajstić information content (AvgIpc) is 2.72. The second kappa shape index (κ2) is 5.67. The number of alkyl halides is 3. The van der Waals surface area contributed by atoms with Crippen LogP contribution >= 0.6 is 0 Å². The fourth-order valence-corrected chi connectivity index (χ4v) is 2.00. The van der Waals surface area contributed by atoms with Gasteiger partial charge in [0.2, 0.25) is 0 Å². The van der Waals surface area contributed by atoms with Crippen LogP contribution in [0.15, 0.2) is 18.2 Å². The number of nitrogens with one attached hydrogen (secondary N) is 1. The van der Waals surface area contributed by atoms with Gasteiger partial charge in [-0.05, 0) is 18.6 Å². The quantitative estimate of drug-likeness (QED) is 0.668. The smallest absolute Gasteiger partial charge is 0.416 e. The van der Waals surface area contributed by atoms with E-state index < -0.39 is 17.7 Å². The summed E-state index contributed by atoms with van der Waals surface area (Å²) >= 11 is 0. The summed E-state index contributed by atoms with van der Waals surface area (Å²) in [5, 5.41) is 0.321. The largest absolute Gasteiger partial charge is 0.462 e. The number of fused-ring (bicyclic) bond motifs is 1. The highest BCUT2D eigenvalue weighted by molar-refractivity contribution is 6.09. The lowest BCUT2D eigenvalue weighted by molar-refractivity contribution is -0.137. The number of H-pyrrole nitrogens is 1. The lowest BCUT2D eigenvalue weighted by Gasteiger charge is -2.06. The van der Waals surface area contributed by atoms with Gasteiger partial charge in [-0.2, -0.15) is 13.2 Å². The number of rotatable bonds is 4. The third-order valence-corrected chi connectivity index (χ3v) is 3.09. The predicted molar refractivity (Wildman–Crippen MR) is 72.9 cm³/mol. The number of halogens is 3. The predicted octanol–water partition coefficient (Wildman–Crippen LogP) is 3.73. The van der Waals surface area contributed by atoms with Crippen LogP contribution in [0.2, 0.25) is 0 Å². The topological polar surface area (TPSA) is 68.1 Å². The first-order chi connectivity index (χ1) is 9.84. The molecule has 114 valence electrons. The average molecular weight is 300 g/mol. The van der Waals surface area contributed by atoms with Crippen molar-refractivity contribution < 1.29 is 22.7 Å². The maximum absolute atomic E-state index is 12.7. The van der Waals surface area contributed by atoms with Crippen LogP contribution in [0.5, 0.6) is 0 Å². The Labute approximate surface area is 119 Å².